The third-order valence-electron chi connectivity index (χ3n) is 3.97. The molecule has 1 aliphatic rings. The monoisotopic (exact) mass is 336 g/mol. The number of anilines is 1. The highest BCUT2D eigenvalue weighted by atomic mass is 32.2. The van der Waals surface area contributed by atoms with E-state index in [0.29, 0.717) is 32.1 Å². The maximum absolute atomic E-state index is 11.5. The number of tetrazole rings is 1. The van der Waals surface area contributed by atoms with Gasteiger partial charge in [0.2, 0.25) is 16.0 Å². The fourth-order valence-electron chi connectivity index (χ4n) is 2.69. The Kier molecular flexibility index (Phi) is 4.58. The van der Waals surface area contributed by atoms with E-state index in [4.69, 9.17) is 0 Å². The van der Waals surface area contributed by atoms with E-state index in [0.717, 1.165) is 12.0 Å². The zero-order valence-corrected chi connectivity index (χ0v) is 13.8. The lowest BCUT2D eigenvalue weighted by Crippen LogP contribution is -2.28. The van der Waals surface area contributed by atoms with Crippen LogP contribution in [0.3, 0.4) is 0 Å². The van der Waals surface area contributed by atoms with Crippen LogP contribution in [0.25, 0.3) is 0 Å². The van der Waals surface area contributed by atoms with Gasteiger partial charge in [-0.25, -0.2) is 17.4 Å². The number of nitrogens with zero attached hydrogens (tertiary/aromatic N) is 5. The van der Waals surface area contributed by atoms with Gasteiger partial charge in [-0.15, -0.1) is 0 Å². The molecule has 0 radical (unpaired) electrons. The van der Waals surface area contributed by atoms with Crippen LogP contribution in [0.5, 0.6) is 0 Å². The number of hydrogen-bond acceptors (Lipinski definition) is 6. The van der Waals surface area contributed by atoms with Crippen LogP contribution in [0.4, 0.5) is 5.95 Å². The SMILES string of the molecule is CS(=O)(=O)N1CCC(CNc2nnnn2Cc2ccccc2)C1. The summed E-state index contributed by atoms with van der Waals surface area (Å²) in [6.07, 6.45) is 2.10. The van der Waals surface area contributed by atoms with Crippen LogP contribution in [0, 0.1) is 5.92 Å². The van der Waals surface area contributed by atoms with E-state index in [-0.39, 0.29) is 5.92 Å². The minimum Gasteiger partial charge on any atom is -0.353 e. The van der Waals surface area contributed by atoms with Crippen molar-refractivity contribution in [3.8, 4) is 0 Å². The van der Waals surface area contributed by atoms with Gasteiger partial charge in [-0.1, -0.05) is 35.4 Å². The molecule has 1 aromatic heterocycles. The second-order valence-electron chi connectivity index (χ2n) is 5.80. The summed E-state index contributed by atoms with van der Waals surface area (Å²) < 4.78 is 26.3. The van der Waals surface area contributed by atoms with E-state index in [9.17, 15) is 8.42 Å². The Balaban J connectivity index is 1.57. The standard InChI is InChI=1S/C14H20N6O2S/c1-23(21,22)19-8-7-13(10-19)9-15-14-16-17-18-20(14)11-12-5-3-2-4-6-12/h2-6,13H,7-11H2,1H3,(H,15,16,18). The molecule has 0 amide bonds. The number of hydrogen-bond donors (Lipinski definition) is 1. The molecule has 0 spiro atoms. The van der Waals surface area contributed by atoms with Gasteiger partial charge in [-0.2, -0.15) is 0 Å². The largest absolute Gasteiger partial charge is 0.353 e. The first-order valence-corrected chi connectivity index (χ1v) is 9.36. The smallest absolute Gasteiger partial charge is 0.243 e. The highest BCUT2D eigenvalue weighted by molar-refractivity contribution is 7.88. The number of nitrogens with one attached hydrogen (secondary N) is 1. The number of aromatic nitrogens is 4. The molecule has 0 bridgehead atoms. The molecule has 1 aliphatic heterocycles. The van der Waals surface area contributed by atoms with E-state index in [2.05, 4.69) is 20.8 Å². The Morgan fingerprint density at radius 1 is 1.30 bits per heavy atom. The Morgan fingerprint density at radius 3 is 2.78 bits per heavy atom. The van der Waals surface area contributed by atoms with Crippen LogP contribution >= 0.6 is 0 Å². The number of benzene rings is 1. The van der Waals surface area contributed by atoms with Crippen molar-refractivity contribution < 1.29 is 8.42 Å². The van der Waals surface area contributed by atoms with E-state index in [1.165, 1.54) is 10.6 Å². The van der Waals surface area contributed by atoms with Crippen LogP contribution in [0.2, 0.25) is 0 Å². The maximum atomic E-state index is 11.5. The van der Waals surface area contributed by atoms with Gasteiger partial charge in [-0.3, -0.25) is 0 Å². The molecule has 3 rings (SSSR count). The fourth-order valence-corrected chi connectivity index (χ4v) is 3.61. The summed E-state index contributed by atoms with van der Waals surface area (Å²) >= 11 is 0. The van der Waals surface area contributed by atoms with Crippen molar-refractivity contribution in [2.45, 2.75) is 13.0 Å². The predicted octanol–water partition coefficient (Wildman–Crippen LogP) is 0.415. The number of rotatable bonds is 6. The van der Waals surface area contributed by atoms with Crippen molar-refractivity contribution in [1.29, 1.82) is 0 Å². The van der Waals surface area contributed by atoms with Gasteiger partial charge in [0.05, 0.1) is 12.8 Å². The molecule has 23 heavy (non-hydrogen) atoms. The summed E-state index contributed by atoms with van der Waals surface area (Å²) in [4.78, 5) is 0. The van der Waals surface area contributed by atoms with Gasteiger partial charge >= 0.3 is 0 Å². The van der Waals surface area contributed by atoms with Crippen molar-refractivity contribution in [3.05, 3.63) is 35.9 Å². The first kappa shape index (κ1) is 15.9. The molecule has 8 nitrogen and oxygen atoms in total. The summed E-state index contributed by atoms with van der Waals surface area (Å²) in [6.45, 7) is 2.38. The lowest BCUT2D eigenvalue weighted by Gasteiger charge is -2.14. The molecular weight excluding hydrogens is 316 g/mol. The molecule has 1 fully saturated rings. The minimum atomic E-state index is -3.10. The van der Waals surface area contributed by atoms with Gasteiger partial charge in [0.25, 0.3) is 0 Å². The highest BCUT2D eigenvalue weighted by Gasteiger charge is 2.28. The number of sulfonamides is 1. The van der Waals surface area contributed by atoms with E-state index >= 15 is 0 Å². The minimum absolute atomic E-state index is 0.270. The van der Waals surface area contributed by atoms with Crippen molar-refractivity contribution >= 4 is 16.0 Å². The molecule has 1 unspecified atom stereocenters. The Morgan fingerprint density at radius 2 is 2.09 bits per heavy atom. The molecule has 2 aromatic rings. The van der Waals surface area contributed by atoms with E-state index in [1.54, 1.807) is 4.68 Å². The van der Waals surface area contributed by atoms with Crippen LogP contribution in [-0.2, 0) is 16.6 Å². The molecule has 1 atom stereocenters. The first-order valence-electron chi connectivity index (χ1n) is 7.51. The molecule has 0 aliphatic carbocycles. The summed E-state index contributed by atoms with van der Waals surface area (Å²) in [7, 11) is -3.10. The van der Waals surface area contributed by atoms with Crippen molar-refractivity contribution in [2.24, 2.45) is 5.92 Å². The highest BCUT2D eigenvalue weighted by Crippen LogP contribution is 2.19. The molecule has 2 heterocycles. The van der Waals surface area contributed by atoms with Gasteiger partial charge in [0, 0.05) is 19.6 Å². The zero-order chi connectivity index (χ0) is 16.3. The Labute approximate surface area is 135 Å². The molecule has 124 valence electrons. The second-order valence-corrected chi connectivity index (χ2v) is 7.78. The maximum Gasteiger partial charge on any atom is 0.243 e. The molecule has 9 heteroatoms. The van der Waals surface area contributed by atoms with Gasteiger partial charge < -0.3 is 5.32 Å². The fraction of sp³-hybridized carbons (Fsp3) is 0.500. The molecule has 0 saturated carbocycles. The van der Waals surface area contributed by atoms with Gasteiger partial charge in [0.1, 0.15) is 0 Å². The van der Waals surface area contributed by atoms with Crippen molar-refractivity contribution in [3.63, 3.8) is 0 Å². The normalized spacial score (nSPS) is 19.1. The molecular formula is C14H20N6O2S. The molecule has 1 saturated heterocycles. The van der Waals surface area contributed by atoms with Crippen LogP contribution in [-0.4, -0.2) is 58.8 Å². The van der Waals surface area contributed by atoms with Crippen molar-refractivity contribution in [2.75, 3.05) is 31.2 Å². The van der Waals surface area contributed by atoms with Crippen LogP contribution in [0.1, 0.15) is 12.0 Å². The summed E-state index contributed by atoms with van der Waals surface area (Å²) in [5, 5.41) is 14.9. The summed E-state index contributed by atoms with van der Waals surface area (Å²) in [5.74, 6) is 0.873. The third-order valence-corrected chi connectivity index (χ3v) is 5.24. The van der Waals surface area contributed by atoms with E-state index in [1.807, 2.05) is 30.3 Å². The lowest BCUT2D eigenvalue weighted by atomic mass is 10.1. The molecule has 1 N–H and O–H groups in total. The van der Waals surface area contributed by atoms with Gasteiger partial charge in [-0.05, 0) is 28.3 Å². The summed E-state index contributed by atoms with van der Waals surface area (Å²) in [6, 6.07) is 9.96. The third kappa shape index (κ3) is 4.05. The van der Waals surface area contributed by atoms with Gasteiger partial charge in [0.15, 0.2) is 0 Å². The van der Waals surface area contributed by atoms with Crippen LogP contribution < -0.4 is 5.32 Å². The lowest BCUT2D eigenvalue weighted by molar-refractivity contribution is 0.466. The average Bonchev–Trinajstić information content (AvgIpc) is 3.15. The summed E-state index contributed by atoms with van der Waals surface area (Å²) in [5.41, 5.74) is 1.12. The van der Waals surface area contributed by atoms with E-state index < -0.39 is 10.0 Å². The van der Waals surface area contributed by atoms with Crippen molar-refractivity contribution in [1.82, 2.24) is 24.5 Å². The molecule has 1 aromatic carbocycles. The second kappa shape index (κ2) is 6.63. The Bertz CT molecular complexity index is 746. The average molecular weight is 336 g/mol. The Hall–Kier alpha value is -2.00. The zero-order valence-electron chi connectivity index (χ0n) is 13.0. The predicted molar refractivity (Wildman–Crippen MR) is 86.4 cm³/mol. The first-order chi connectivity index (χ1) is 11.0. The topological polar surface area (TPSA) is 93.0 Å². The van der Waals surface area contributed by atoms with Crippen LogP contribution in [0.15, 0.2) is 30.3 Å². The quantitative estimate of drug-likeness (QED) is 0.821.